The summed E-state index contributed by atoms with van der Waals surface area (Å²) < 4.78 is 22.8. The van der Waals surface area contributed by atoms with Crippen molar-refractivity contribution in [2.45, 2.75) is 52.5 Å². The van der Waals surface area contributed by atoms with Gasteiger partial charge in [0.1, 0.15) is 0 Å². The second-order valence-electron chi connectivity index (χ2n) is 7.03. The van der Waals surface area contributed by atoms with E-state index >= 15 is 0 Å². The standard InChI is InChI=1S/C15H27N3O3S/c1-10(2)13-5-4-11(3)8-14(13)17-18-15(19)16-12-6-7-22(20,21)9-12/h10-13H,4-9H2,1-3H3,(H2,16,18,19)/b17-14-. The zero-order valence-corrected chi connectivity index (χ0v) is 14.4. The molecule has 22 heavy (non-hydrogen) atoms. The van der Waals surface area contributed by atoms with Crippen molar-refractivity contribution in [1.29, 1.82) is 0 Å². The Morgan fingerprint density at radius 2 is 2.00 bits per heavy atom. The molecule has 7 heteroatoms. The van der Waals surface area contributed by atoms with E-state index in [1.54, 1.807) is 0 Å². The van der Waals surface area contributed by atoms with Crippen LogP contribution in [0.4, 0.5) is 4.79 Å². The van der Waals surface area contributed by atoms with Crippen molar-refractivity contribution in [2.24, 2.45) is 22.9 Å². The Hall–Kier alpha value is -1.11. The molecule has 0 spiro atoms. The maximum absolute atomic E-state index is 11.9. The lowest BCUT2D eigenvalue weighted by atomic mass is 9.76. The summed E-state index contributed by atoms with van der Waals surface area (Å²) in [7, 11) is -2.98. The molecule has 1 saturated heterocycles. The fourth-order valence-corrected chi connectivity index (χ4v) is 5.01. The largest absolute Gasteiger partial charge is 0.335 e. The van der Waals surface area contributed by atoms with E-state index in [1.165, 1.54) is 6.42 Å². The summed E-state index contributed by atoms with van der Waals surface area (Å²) >= 11 is 0. The van der Waals surface area contributed by atoms with Gasteiger partial charge in [0.15, 0.2) is 9.84 Å². The average Bonchev–Trinajstić information content (AvgIpc) is 2.75. The van der Waals surface area contributed by atoms with Crippen molar-refractivity contribution >= 4 is 21.6 Å². The Morgan fingerprint density at radius 3 is 2.59 bits per heavy atom. The van der Waals surface area contributed by atoms with E-state index in [4.69, 9.17) is 0 Å². The molecule has 2 amide bonds. The molecule has 0 aromatic carbocycles. The predicted octanol–water partition coefficient (Wildman–Crippen LogP) is 1.92. The molecule has 2 rings (SSSR count). The molecule has 2 N–H and O–H groups in total. The average molecular weight is 329 g/mol. The van der Waals surface area contributed by atoms with Crippen LogP contribution in [0.25, 0.3) is 0 Å². The number of carbonyl (C=O) groups excluding carboxylic acids is 1. The molecule has 1 heterocycles. The van der Waals surface area contributed by atoms with Crippen molar-refractivity contribution in [2.75, 3.05) is 11.5 Å². The molecule has 1 saturated carbocycles. The highest BCUT2D eigenvalue weighted by atomic mass is 32.2. The Morgan fingerprint density at radius 1 is 1.27 bits per heavy atom. The van der Waals surface area contributed by atoms with Crippen LogP contribution in [0.15, 0.2) is 5.10 Å². The molecule has 2 fully saturated rings. The van der Waals surface area contributed by atoms with Crippen LogP contribution in [0.3, 0.4) is 0 Å². The Bertz CT molecular complexity index is 542. The van der Waals surface area contributed by atoms with E-state index < -0.39 is 15.9 Å². The quantitative estimate of drug-likeness (QED) is 0.775. The van der Waals surface area contributed by atoms with E-state index in [9.17, 15) is 13.2 Å². The van der Waals surface area contributed by atoms with Gasteiger partial charge in [0.05, 0.1) is 11.5 Å². The van der Waals surface area contributed by atoms with E-state index in [1.807, 2.05) is 0 Å². The lowest BCUT2D eigenvalue weighted by molar-refractivity contribution is 0.238. The minimum Gasteiger partial charge on any atom is -0.333 e. The van der Waals surface area contributed by atoms with Gasteiger partial charge in [-0.3, -0.25) is 0 Å². The van der Waals surface area contributed by atoms with Crippen molar-refractivity contribution in [3.8, 4) is 0 Å². The number of hydrogen-bond donors (Lipinski definition) is 2. The van der Waals surface area contributed by atoms with Gasteiger partial charge in [0.2, 0.25) is 0 Å². The lowest BCUT2D eigenvalue weighted by Crippen LogP contribution is -2.41. The van der Waals surface area contributed by atoms with E-state index in [0.717, 1.165) is 18.6 Å². The van der Waals surface area contributed by atoms with Gasteiger partial charge in [-0.05, 0) is 37.5 Å². The second-order valence-corrected chi connectivity index (χ2v) is 9.25. The molecule has 2 aliphatic rings. The van der Waals surface area contributed by atoms with Gasteiger partial charge in [-0.25, -0.2) is 18.6 Å². The summed E-state index contributed by atoms with van der Waals surface area (Å²) in [5.74, 6) is 1.71. The van der Waals surface area contributed by atoms with Crippen molar-refractivity contribution in [3.05, 3.63) is 0 Å². The van der Waals surface area contributed by atoms with Crippen LogP contribution in [-0.4, -0.2) is 37.7 Å². The summed E-state index contributed by atoms with van der Waals surface area (Å²) in [4.78, 5) is 11.9. The molecule has 1 aliphatic heterocycles. The number of sulfone groups is 1. The van der Waals surface area contributed by atoms with Gasteiger partial charge in [0.25, 0.3) is 0 Å². The highest BCUT2D eigenvalue weighted by Crippen LogP contribution is 2.31. The van der Waals surface area contributed by atoms with Gasteiger partial charge in [-0.1, -0.05) is 20.8 Å². The van der Waals surface area contributed by atoms with E-state index in [2.05, 4.69) is 36.6 Å². The van der Waals surface area contributed by atoms with Crippen LogP contribution < -0.4 is 10.7 Å². The molecule has 0 aromatic heterocycles. The fraction of sp³-hybridized carbons (Fsp3) is 0.867. The number of hydrazone groups is 1. The van der Waals surface area contributed by atoms with Crippen LogP contribution in [0.1, 0.15) is 46.5 Å². The number of nitrogens with zero attached hydrogens (tertiary/aromatic N) is 1. The summed E-state index contributed by atoms with van der Waals surface area (Å²) in [5, 5.41) is 7.01. The number of nitrogens with one attached hydrogen (secondary N) is 2. The fourth-order valence-electron chi connectivity index (χ4n) is 3.34. The first-order valence-corrected chi connectivity index (χ1v) is 9.92. The van der Waals surface area contributed by atoms with Crippen LogP contribution in [0, 0.1) is 17.8 Å². The maximum Gasteiger partial charge on any atom is 0.335 e. The molecule has 0 radical (unpaired) electrons. The third-order valence-corrected chi connectivity index (χ3v) is 6.40. The normalized spacial score (nSPS) is 33.1. The monoisotopic (exact) mass is 329 g/mol. The number of hydrogen-bond acceptors (Lipinski definition) is 4. The Balaban J connectivity index is 1.90. The highest BCUT2D eigenvalue weighted by Gasteiger charge is 2.29. The molecule has 0 bridgehead atoms. The summed E-state index contributed by atoms with van der Waals surface area (Å²) in [6.07, 6.45) is 3.72. The second kappa shape index (κ2) is 6.98. The minimum absolute atomic E-state index is 0.0304. The van der Waals surface area contributed by atoms with Crippen LogP contribution in [0.5, 0.6) is 0 Å². The molecule has 6 nitrogen and oxygen atoms in total. The zero-order chi connectivity index (χ0) is 16.3. The Labute approximate surface area is 133 Å². The molecule has 1 aliphatic carbocycles. The van der Waals surface area contributed by atoms with Gasteiger partial charge in [-0.15, -0.1) is 0 Å². The third kappa shape index (κ3) is 4.69. The third-order valence-electron chi connectivity index (χ3n) is 4.63. The first-order valence-electron chi connectivity index (χ1n) is 8.10. The number of urea groups is 1. The van der Waals surface area contributed by atoms with E-state index in [-0.39, 0.29) is 17.5 Å². The van der Waals surface area contributed by atoms with Gasteiger partial charge >= 0.3 is 6.03 Å². The SMILES string of the molecule is CC1CCC(C(C)C)/C(=N\NC(=O)NC2CCS(=O)(=O)C2)C1. The summed E-state index contributed by atoms with van der Waals surface area (Å²) in [6, 6.07) is -0.702. The molecule has 3 unspecified atom stereocenters. The molecule has 0 aromatic rings. The number of amides is 2. The minimum atomic E-state index is -2.98. The van der Waals surface area contributed by atoms with Crippen LogP contribution in [-0.2, 0) is 9.84 Å². The first-order chi connectivity index (χ1) is 10.3. The Kier molecular flexibility index (Phi) is 5.47. The van der Waals surface area contributed by atoms with Gasteiger partial charge < -0.3 is 5.32 Å². The molecule has 126 valence electrons. The van der Waals surface area contributed by atoms with Crippen molar-refractivity contribution in [3.63, 3.8) is 0 Å². The van der Waals surface area contributed by atoms with Crippen molar-refractivity contribution in [1.82, 2.24) is 10.7 Å². The van der Waals surface area contributed by atoms with E-state index in [0.29, 0.717) is 24.2 Å². The predicted molar refractivity (Wildman–Crippen MR) is 87.5 cm³/mol. The molecular weight excluding hydrogens is 302 g/mol. The maximum atomic E-state index is 11.9. The van der Waals surface area contributed by atoms with Crippen molar-refractivity contribution < 1.29 is 13.2 Å². The number of rotatable bonds is 3. The first kappa shape index (κ1) is 17.2. The number of carbonyl (C=O) groups is 1. The van der Waals surface area contributed by atoms with Gasteiger partial charge in [0, 0.05) is 17.7 Å². The lowest BCUT2D eigenvalue weighted by Gasteiger charge is -2.30. The van der Waals surface area contributed by atoms with Crippen LogP contribution >= 0.6 is 0 Å². The zero-order valence-electron chi connectivity index (χ0n) is 13.6. The smallest absolute Gasteiger partial charge is 0.333 e. The molecular formula is C15H27N3O3S. The van der Waals surface area contributed by atoms with Gasteiger partial charge in [-0.2, -0.15) is 5.10 Å². The topological polar surface area (TPSA) is 87.6 Å². The highest BCUT2D eigenvalue weighted by molar-refractivity contribution is 7.91. The summed E-state index contributed by atoms with van der Waals surface area (Å²) in [5.41, 5.74) is 3.61. The molecule has 3 atom stereocenters. The summed E-state index contributed by atoms with van der Waals surface area (Å²) in [6.45, 7) is 6.56. The van der Waals surface area contributed by atoms with Crippen LogP contribution in [0.2, 0.25) is 0 Å².